The quantitative estimate of drug-likeness (QED) is 0.888. The second-order valence-corrected chi connectivity index (χ2v) is 4.99. The number of hydrogen-bond acceptors (Lipinski definition) is 2. The largest absolute Gasteiger partial charge is 0.373 e. The molecule has 1 heterocycles. The van der Waals surface area contributed by atoms with Crippen molar-refractivity contribution in [1.29, 1.82) is 0 Å². The van der Waals surface area contributed by atoms with Crippen LogP contribution in [0.25, 0.3) is 0 Å². The summed E-state index contributed by atoms with van der Waals surface area (Å²) in [5.41, 5.74) is 1.21. The molecule has 3 heteroatoms. The SMILES string of the molecule is CCNCC1CCCOC1c1cccc(Cl)c1. The highest BCUT2D eigenvalue weighted by Gasteiger charge is 2.26. The molecule has 0 radical (unpaired) electrons. The van der Waals surface area contributed by atoms with Crippen molar-refractivity contribution < 1.29 is 4.74 Å². The molecule has 2 nitrogen and oxygen atoms in total. The van der Waals surface area contributed by atoms with Crippen molar-refractivity contribution in [3.05, 3.63) is 34.9 Å². The maximum absolute atomic E-state index is 6.04. The van der Waals surface area contributed by atoms with Gasteiger partial charge in [-0.2, -0.15) is 0 Å². The smallest absolute Gasteiger partial charge is 0.0865 e. The third kappa shape index (κ3) is 3.44. The normalized spacial score (nSPS) is 24.8. The van der Waals surface area contributed by atoms with E-state index in [1.807, 2.05) is 18.2 Å². The van der Waals surface area contributed by atoms with Gasteiger partial charge in [-0.25, -0.2) is 0 Å². The van der Waals surface area contributed by atoms with Gasteiger partial charge in [0.1, 0.15) is 0 Å². The Bertz CT molecular complexity index is 356. The van der Waals surface area contributed by atoms with E-state index in [4.69, 9.17) is 16.3 Å². The van der Waals surface area contributed by atoms with Crippen LogP contribution in [0.15, 0.2) is 24.3 Å². The lowest BCUT2D eigenvalue weighted by Crippen LogP contribution is -2.31. The van der Waals surface area contributed by atoms with Crippen LogP contribution in [0, 0.1) is 5.92 Å². The lowest BCUT2D eigenvalue weighted by molar-refractivity contribution is -0.0276. The molecule has 1 N–H and O–H groups in total. The predicted molar refractivity (Wildman–Crippen MR) is 71.4 cm³/mol. The van der Waals surface area contributed by atoms with Crippen LogP contribution in [0.4, 0.5) is 0 Å². The van der Waals surface area contributed by atoms with E-state index in [0.717, 1.165) is 31.1 Å². The Labute approximate surface area is 108 Å². The minimum Gasteiger partial charge on any atom is -0.373 e. The molecule has 1 fully saturated rings. The molecule has 17 heavy (non-hydrogen) atoms. The van der Waals surface area contributed by atoms with Crippen molar-refractivity contribution in [2.75, 3.05) is 19.7 Å². The summed E-state index contributed by atoms with van der Waals surface area (Å²) in [6.07, 6.45) is 2.58. The first-order valence-electron chi connectivity index (χ1n) is 6.39. The third-order valence-corrected chi connectivity index (χ3v) is 3.51. The predicted octanol–water partition coefficient (Wildman–Crippen LogP) is 3.42. The van der Waals surface area contributed by atoms with Crippen LogP contribution in [0.2, 0.25) is 5.02 Å². The van der Waals surface area contributed by atoms with Gasteiger partial charge in [-0.3, -0.25) is 0 Å². The Hall–Kier alpha value is -0.570. The first kappa shape index (κ1) is 12.9. The highest BCUT2D eigenvalue weighted by molar-refractivity contribution is 6.30. The Morgan fingerprint density at radius 2 is 2.35 bits per heavy atom. The zero-order valence-corrected chi connectivity index (χ0v) is 11.0. The van der Waals surface area contributed by atoms with Gasteiger partial charge in [-0.1, -0.05) is 30.7 Å². The molecule has 2 rings (SSSR count). The summed E-state index contributed by atoms with van der Waals surface area (Å²) in [6, 6.07) is 8.05. The average molecular weight is 254 g/mol. The number of hydrogen-bond donors (Lipinski definition) is 1. The second-order valence-electron chi connectivity index (χ2n) is 4.56. The number of ether oxygens (including phenoxy) is 1. The molecule has 0 spiro atoms. The minimum atomic E-state index is 0.196. The lowest BCUT2D eigenvalue weighted by Gasteiger charge is -2.32. The molecule has 1 aliphatic rings. The number of halogens is 1. The molecule has 1 aromatic rings. The van der Waals surface area contributed by atoms with Gasteiger partial charge < -0.3 is 10.1 Å². The molecule has 2 atom stereocenters. The summed E-state index contributed by atoms with van der Waals surface area (Å²) < 4.78 is 5.93. The van der Waals surface area contributed by atoms with Gasteiger partial charge in [0.15, 0.2) is 0 Å². The fourth-order valence-corrected chi connectivity index (χ4v) is 2.63. The van der Waals surface area contributed by atoms with Gasteiger partial charge in [-0.15, -0.1) is 0 Å². The molecule has 1 aromatic carbocycles. The van der Waals surface area contributed by atoms with E-state index in [0.29, 0.717) is 5.92 Å². The Balaban J connectivity index is 2.10. The van der Waals surface area contributed by atoms with E-state index < -0.39 is 0 Å². The van der Waals surface area contributed by atoms with Crippen LogP contribution in [0.5, 0.6) is 0 Å². The van der Waals surface area contributed by atoms with E-state index in [1.165, 1.54) is 12.0 Å². The zero-order valence-electron chi connectivity index (χ0n) is 10.3. The first-order valence-corrected chi connectivity index (χ1v) is 6.77. The molecule has 0 aliphatic carbocycles. The number of benzene rings is 1. The van der Waals surface area contributed by atoms with Gasteiger partial charge in [0, 0.05) is 24.1 Å². The third-order valence-electron chi connectivity index (χ3n) is 3.28. The number of nitrogens with one attached hydrogen (secondary N) is 1. The van der Waals surface area contributed by atoms with Crippen molar-refractivity contribution in [1.82, 2.24) is 5.32 Å². The van der Waals surface area contributed by atoms with E-state index in [2.05, 4.69) is 18.3 Å². The molecule has 94 valence electrons. The summed E-state index contributed by atoms with van der Waals surface area (Å²) >= 11 is 6.04. The second kappa shape index (κ2) is 6.39. The monoisotopic (exact) mass is 253 g/mol. The molecular formula is C14H20ClNO. The van der Waals surface area contributed by atoms with Crippen molar-refractivity contribution >= 4 is 11.6 Å². The van der Waals surface area contributed by atoms with Crippen LogP contribution in [0.1, 0.15) is 31.4 Å². The molecule has 0 bridgehead atoms. The van der Waals surface area contributed by atoms with Crippen molar-refractivity contribution in [3.63, 3.8) is 0 Å². The van der Waals surface area contributed by atoms with Crippen LogP contribution in [-0.2, 0) is 4.74 Å². The van der Waals surface area contributed by atoms with Gasteiger partial charge in [0.2, 0.25) is 0 Å². The first-order chi connectivity index (χ1) is 8.31. The lowest BCUT2D eigenvalue weighted by atomic mass is 9.89. The summed E-state index contributed by atoms with van der Waals surface area (Å²) in [6.45, 7) is 5.03. The standard InChI is InChI=1S/C14H20ClNO/c1-2-16-10-12-6-4-8-17-14(12)11-5-3-7-13(15)9-11/h3,5,7,9,12,14,16H,2,4,6,8,10H2,1H3. The summed E-state index contributed by atoms with van der Waals surface area (Å²) in [5.74, 6) is 0.558. The maximum atomic E-state index is 6.04. The van der Waals surface area contributed by atoms with Crippen molar-refractivity contribution in [2.45, 2.75) is 25.9 Å². The fourth-order valence-electron chi connectivity index (χ4n) is 2.43. The van der Waals surface area contributed by atoms with Crippen LogP contribution >= 0.6 is 11.6 Å². The molecule has 0 saturated carbocycles. The Morgan fingerprint density at radius 3 is 3.12 bits per heavy atom. The molecule has 1 aliphatic heterocycles. The molecule has 0 amide bonds. The van der Waals surface area contributed by atoms with Crippen molar-refractivity contribution in [3.8, 4) is 0 Å². The van der Waals surface area contributed by atoms with E-state index in [-0.39, 0.29) is 6.10 Å². The molecule has 1 saturated heterocycles. The van der Waals surface area contributed by atoms with Gasteiger partial charge in [0.05, 0.1) is 6.10 Å². The summed E-state index contributed by atoms with van der Waals surface area (Å²) in [5, 5.41) is 4.21. The number of rotatable bonds is 4. The highest BCUT2D eigenvalue weighted by Crippen LogP contribution is 2.34. The summed E-state index contributed by atoms with van der Waals surface area (Å²) in [4.78, 5) is 0. The average Bonchev–Trinajstić information content (AvgIpc) is 2.37. The topological polar surface area (TPSA) is 21.3 Å². The maximum Gasteiger partial charge on any atom is 0.0865 e. The molecular weight excluding hydrogens is 234 g/mol. The van der Waals surface area contributed by atoms with E-state index in [9.17, 15) is 0 Å². The molecule has 0 aromatic heterocycles. The van der Waals surface area contributed by atoms with Crippen molar-refractivity contribution in [2.24, 2.45) is 5.92 Å². The summed E-state index contributed by atoms with van der Waals surface area (Å²) in [7, 11) is 0. The van der Waals surface area contributed by atoms with Gasteiger partial charge in [0.25, 0.3) is 0 Å². The molecule has 2 unspecified atom stereocenters. The Morgan fingerprint density at radius 1 is 1.47 bits per heavy atom. The van der Waals surface area contributed by atoms with Crippen LogP contribution < -0.4 is 5.32 Å². The van der Waals surface area contributed by atoms with Crippen LogP contribution in [-0.4, -0.2) is 19.7 Å². The fraction of sp³-hybridized carbons (Fsp3) is 0.571. The van der Waals surface area contributed by atoms with Crippen LogP contribution in [0.3, 0.4) is 0 Å². The zero-order chi connectivity index (χ0) is 12.1. The highest BCUT2D eigenvalue weighted by atomic mass is 35.5. The van der Waals surface area contributed by atoms with E-state index in [1.54, 1.807) is 0 Å². The minimum absolute atomic E-state index is 0.196. The Kier molecular flexibility index (Phi) is 4.84. The van der Waals surface area contributed by atoms with E-state index >= 15 is 0 Å². The van der Waals surface area contributed by atoms with Gasteiger partial charge >= 0.3 is 0 Å². The van der Waals surface area contributed by atoms with Gasteiger partial charge in [-0.05, 0) is 37.1 Å².